The average molecular weight is 303 g/mol. The Morgan fingerprint density at radius 1 is 1.14 bits per heavy atom. The molecule has 1 saturated heterocycles. The number of amides is 1. The predicted molar refractivity (Wildman–Crippen MR) is 92.4 cm³/mol. The monoisotopic (exact) mass is 303 g/mol. The zero-order valence-corrected chi connectivity index (χ0v) is 14.0. The van der Waals surface area contributed by atoms with Crippen LogP contribution in [0.3, 0.4) is 0 Å². The van der Waals surface area contributed by atoms with Gasteiger partial charge in [0.1, 0.15) is 0 Å². The minimum absolute atomic E-state index is 0.122. The molecule has 1 amide bonds. The number of carbonyl (C=O) groups is 1. The Kier molecular flexibility index (Phi) is 6.72. The molecular formula is C18H29N3O. The molecule has 0 aliphatic carbocycles. The van der Waals surface area contributed by atoms with Crippen molar-refractivity contribution >= 4 is 11.6 Å². The molecule has 0 spiro atoms. The Labute approximate surface area is 134 Å². The molecule has 4 heteroatoms. The lowest BCUT2D eigenvalue weighted by atomic mass is 10.1. The first-order valence-electron chi connectivity index (χ1n) is 8.40. The highest BCUT2D eigenvalue weighted by Crippen LogP contribution is 2.12. The van der Waals surface area contributed by atoms with Crippen LogP contribution in [0.2, 0.25) is 0 Å². The highest BCUT2D eigenvalue weighted by Gasteiger charge is 2.09. The maximum atomic E-state index is 11.9. The predicted octanol–water partition coefficient (Wildman–Crippen LogP) is 2.29. The molecule has 0 aromatic heterocycles. The van der Waals surface area contributed by atoms with Crippen LogP contribution in [-0.4, -0.2) is 51.1 Å². The van der Waals surface area contributed by atoms with E-state index in [2.05, 4.69) is 27.2 Å². The third-order valence-corrected chi connectivity index (χ3v) is 4.24. The Morgan fingerprint density at radius 2 is 1.82 bits per heavy atom. The Balaban J connectivity index is 1.62. The second-order valence-corrected chi connectivity index (χ2v) is 6.34. The van der Waals surface area contributed by atoms with E-state index in [9.17, 15) is 4.79 Å². The smallest absolute Gasteiger partial charge is 0.224 e. The Hall–Kier alpha value is -1.55. The number of piperidine rings is 1. The Bertz CT molecular complexity index is 450. The van der Waals surface area contributed by atoms with Gasteiger partial charge in [-0.05, 0) is 56.6 Å². The molecule has 122 valence electrons. The number of nitrogens with zero attached hydrogens (tertiary/aromatic N) is 2. The fraction of sp³-hybridized carbons (Fsp3) is 0.611. The summed E-state index contributed by atoms with van der Waals surface area (Å²) in [7, 11) is 4.04. The molecule has 1 heterocycles. The van der Waals surface area contributed by atoms with Gasteiger partial charge in [-0.15, -0.1) is 0 Å². The molecule has 1 fully saturated rings. The van der Waals surface area contributed by atoms with Gasteiger partial charge < -0.3 is 15.1 Å². The number of benzene rings is 1. The number of carbonyl (C=O) groups excluding carboxylic acids is 1. The van der Waals surface area contributed by atoms with Crippen LogP contribution in [0.1, 0.15) is 31.2 Å². The molecule has 0 unspecified atom stereocenters. The molecule has 0 bridgehead atoms. The van der Waals surface area contributed by atoms with Crippen LogP contribution in [-0.2, 0) is 11.2 Å². The van der Waals surface area contributed by atoms with Gasteiger partial charge in [0.25, 0.3) is 0 Å². The van der Waals surface area contributed by atoms with E-state index in [1.54, 1.807) is 0 Å². The summed E-state index contributed by atoms with van der Waals surface area (Å²) in [4.78, 5) is 16.5. The number of rotatable bonds is 7. The molecule has 22 heavy (non-hydrogen) atoms. The molecule has 1 aliphatic heterocycles. The van der Waals surface area contributed by atoms with Crippen LogP contribution in [0.5, 0.6) is 0 Å². The zero-order chi connectivity index (χ0) is 15.8. The lowest BCUT2D eigenvalue weighted by molar-refractivity contribution is -0.120. The van der Waals surface area contributed by atoms with Crippen LogP contribution in [0.15, 0.2) is 24.3 Å². The van der Waals surface area contributed by atoms with Crippen molar-refractivity contribution < 1.29 is 4.79 Å². The zero-order valence-electron chi connectivity index (χ0n) is 14.0. The van der Waals surface area contributed by atoms with Crippen LogP contribution in [0.25, 0.3) is 0 Å². The molecular weight excluding hydrogens is 274 g/mol. The largest absolute Gasteiger partial charge is 0.378 e. The van der Waals surface area contributed by atoms with Gasteiger partial charge in [-0.2, -0.15) is 0 Å². The van der Waals surface area contributed by atoms with Gasteiger partial charge in [-0.3, -0.25) is 4.79 Å². The summed E-state index contributed by atoms with van der Waals surface area (Å²) in [6.07, 6.45) is 5.55. The highest BCUT2D eigenvalue weighted by atomic mass is 16.1. The first-order chi connectivity index (χ1) is 10.6. The van der Waals surface area contributed by atoms with Gasteiger partial charge >= 0.3 is 0 Å². The Morgan fingerprint density at radius 3 is 2.45 bits per heavy atom. The van der Waals surface area contributed by atoms with Gasteiger partial charge in [0, 0.05) is 26.3 Å². The van der Waals surface area contributed by atoms with Crippen molar-refractivity contribution in [1.82, 2.24) is 10.2 Å². The van der Waals surface area contributed by atoms with Gasteiger partial charge in [0.2, 0.25) is 5.91 Å². The van der Waals surface area contributed by atoms with E-state index in [4.69, 9.17) is 0 Å². The SMILES string of the molecule is CN(C)c1ccc(CC(=O)NCCCN2CCCCC2)cc1. The normalized spacial score (nSPS) is 15.5. The van der Waals surface area contributed by atoms with Gasteiger partial charge in [-0.1, -0.05) is 18.6 Å². The minimum Gasteiger partial charge on any atom is -0.378 e. The number of hydrogen-bond acceptors (Lipinski definition) is 3. The van der Waals surface area contributed by atoms with E-state index in [0.717, 1.165) is 30.8 Å². The lowest BCUT2D eigenvalue weighted by Gasteiger charge is -2.26. The average Bonchev–Trinajstić information content (AvgIpc) is 2.53. The summed E-state index contributed by atoms with van der Waals surface area (Å²) in [6.45, 7) is 4.35. The maximum absolute atomic E-state index is 11.9. The fourth-order valence-corrected chi connectivity index (χ4v) is 2.87. The summed E-state index contributed by atoms with van der Waals surface area (Å²) < 4.78 is 0. The molecule has 0 radical (unpaired) electrons. The van der Waals surface area contributed by atoms with Crippen LogP contribution < -0.4 is 10.2 Å². The number of likely N-dealkylation sites (tertiary alicyclic amines) is 1. The van der Waals surface area contributed by atoms with E-state index in [1.165, 1.54) is 32.4 Å². The summed E-state index contributed by atoms with van der Waals surface area (Å²) in [5.41, 5.74) is 2.23. The standard InChI is InChI=1S/C18H29N3O/c1-20(2)17-9-7-16(8-10-17)15-18(22)19-11-6-14-21-12-4-3-5-13-21/h7-10H,3-6,11-15H2,1-2H3,(H,19,22). The summed E-state index contributed by atoms with van der Waals surface area (Å²) in [6, 6.07) is 8.17. The first kappa shape index (κ1) is 16.8. The minimum atomic E-state index is 0.122. The van der Waals surface area contributed by atoms with Crippen molar-refractivity contribution in [2.24, 2.45) is 0 Å². The van der Waals surface area contributed by atoms with Crippen molar-refractivity contribution in [2.45, 2.75) is 32.1 Å². The van der Waals surface area contributed by atoms with Gasteiger partial charge in [0.05, 0.1) is 6.42 Å². The third kappa shape index (κ3) is 5.68. The van der Waals surface area contributed by atoms with Crippen molar-refractivity contribution in [3.63, 3.8) is 0 Å². The molecule has 1 aromatic rings. The van der Waals surface area contributed by atoms with Gasteiger partial charge in [-0.25, -0.2) is 0 Å². The van der Waals surface area contributed by atoms with E-state index in [-0.39, 0.29) is 5.91 Å². The topological polar surface area (TPSA) is 35.6 Å². The van der Waals surface area contributed by atoms with E-state index < -0.39 is 0 Å². The molecule has 1 aromatic carbocycles. The van der Waals surface area contributed by atoms with Crippen molar-refractivity contribution in [1.29, 1.82) is 0 Å². The lowest BCUT2D eigenvalue weighted by Crippen LogP contribution is -2.33. The number of anilines is 1. The first-order valence-corrected chi connectivity index (χ1v) is 8.40. The second-order valence-electron chi connectivity index (χ2n) is 6.34. The molecule has 4 nitrogen and oxygen atoms in total. The molecule has 0 saturated carbocycles. The highest BCUT2D eigenvalue weighted by molar-refractivity contribution is 5.78. The quantitative estimate of drug-likeness (QED) is 0.785. The molecule has 1 N–H and O–H groups in total. The third-order valence-electron chi connectivity index (χ3n) is 4.24. The number of hydrogen-bond donors (Lipinski definition) is 1. The van der Waals surface area contributed by atoms with Crippen LogP contribution >= 0.6 is 0 Å². The maximum Gasteiger partial charge on any atom is 0.224 e. The van der Waals surface area contributed by atoms with E-state index in [0.29, 0.717) is 6.42 Å². The summed E-state index contributed by atoms with van der Waals surface area (Å²) in [5.74, 6) is 0.122. The molecule has 2 rings (SSSR count). The second kappa shape index (κ2) is 8.79. The van der Waals surface area contributed by atoms with Gasteiger partial charge in [0.15, 0.2) is 0 Å². The number of nitrogens with one attached hydrogen (secondary N) is 1. The van der Waals surface area contributed by atoms with Crippen LogP contribution in [0, 0.1) is 0 Å². The summed E-state index contributed by atoms with van der Waals surface area (Å²) >= 11 is 0. The van der Waals surface area contributed by atoms with Crippen molar-refractivity contribution in [3.8, 4) is 0 Å². The van der Waals surface area contributed by atoms with Crippen molar-refractivity contribution in [3.05, 3.63) is 29.8 Å². The molecule has 1 aliphatic rings. The van der Waals surface area contributed by atoms with Crippen molar-refractivity contribution in [2.75, 3.05) is 45.2 Å². The van der Waals surface area contributed by atoms with E-state index in [1.807, 2.05) is 26.2 Å². The van der Waals surface area contributed by atoms with Crippen LogP contribution in [0.4, 0.5) is 5.69 Å². The molecule has 0 atom stereocenters. The fourth-order valence-electron chi connectivity index (χ4n) is 2.87. The summed E-state index contributed by atoms with van der Waals surface area (Å²) in [5, 5.41) is 3.03. The van der Waals surface area contributed by atoms with E-state index >= 15 is 0 Å².